The molecular formula is C12H11BrFNO3S2. The molecule has 20 heavy (non-hydrogen) atoms. The molecule has 2 aromatic rings. The van der Waals surface area contributed by atoms with Crippen LogP contribution in [-0.2, 0) is 23.2 Å². The zero-order valence-corrected chi connectivity index (χ0v) is 13.4. The van der Waals surface area contributed by atoms with Crippen LogP contribution in [0, 0.1) is 5.82 Å². The zero-order chi connectivity index (χ0) is 14.8. The molecule has 1 aromatic heterocycles. The number of rotatable bonds is 5. The molecule has 0 atom stereocenters. The number of sulfonamides is 1. The highest BCUT2D eigenvalue weighted by molar-refractivity contribution is 9.10. The van der Waals surface area contributed by atoms with Crippen molar-refractivity contribution in [2.24, 2.45) is 0 Å². The molecule has 4 nitrogen and oxygen atoms in total. The lowest BCUT2D eigenvalue weighted by Gasteiger charge is -2.07. The molecular weight excluding hydrogens is 369 g/mol. The van der Waals surface area contributed by atoms with E-state index in [1.54, 1.807) is 6.07 Å². The maximum Gasteiger partial charge on any atom is 0.243 e. The van der Waals surface area contributed by atoms with Crippen molar-refractivity contribution in [2.45, 2.75) is 18.0 Å². The summed E-state index contributed by atoms with van der Waals surface area (Å²) in [5, 5.41) is 10.7. The Kier molecular flexibility index (Phi) is 4.92. The molecule has 0 spiro atoms. The summed E-state index contributed by atoms with van der Waals surface area (Å²) in [5.74, 6) is -0.878. The first-order chi connectivity index (χ1) is 9.42. The van der Waals surface area contributed by atoms with Gasteiger partial charge in [0.05, 0.1) is 6.61 Å². The number of aliphatic hydroxyl groups excluding tert-OH is 1. The van der Waals surface area contributed by atoms with Gasteiger partial charge in [0.15, 0.2) is 0 Å². The van der Waals surface area contributed by atoms with Gasteiger partial charge in [-0.2, -0.15) is 0 Å². The van der Waals surface area contributed by atoms with E-state index in [0.717, 1.165) is 21.5 Å². The van der Waals surface area contributed by atoms with Gasteiger partial charge in [-0.3, -0.25) is 0 Å². The number of hydrogen-bond donors (Lipinski definition) is 2. The third-order valence-corrected chi connectivity index (χ3v) is 5.66. The molecule has 0 bridgehead atoms. The Hall–Kier alpha value is -0.800. The number of nitrogens with one attached hydrogen (secondary N) is 1. The largest absolute Gasteiger partial charge is 0.392 e. The van der Waals surface area contributed by atoms with Gasteiger partial charge in [-0.1, -0.05) is 6.07 Å². The van der Waals surface area contributed by atoms with Gasteiger partial charge < -0.3 is 5.11 Å². The van der Waals surface area contributed by atoms with Crippen LogP contribution < -0.4 is 4.72 Å². The van der Waals surface area contributed by atoms with E-state index >= 15 is 0 Å². The van der Waals surface area contributed by atoms with Gasteiger partial charge in [0.1, 0.15) is 10.7 Å². The van der Waals surface area contributed by atoms with Crippen molar-refractivity contribution in [2.75, 3.05) is 0 Å². The first kappa shape index (κ1) is 15.6. The monoisotopic (exact) mass is 379 g/mol. The molecule has 108 valence electrons. The summed E-state index contributed by atoms with van der Waals surface area (Å²) in [7, 11) is -3.92. The summed E-state index contributed by atoms with van der Waals surface area (Å²) in [6.45, 7) is -0.242. The lowest BCUT2D eigenvalue weighted by atomic mass is 10.2. The molecule has 2 N–H and O–H groups in total. The van der Waals surface area contributed by atoms with Crippen molar-refractivity contribution in [3.63, 3.8) is 0 Å². The normalized spacial score (nSPS) is 11.8. The van der Waals surface area contributed by atoms with Crippen LogP contribution in [0.2, 0.25) is 0 Å². The minimum absolute atomic E-state index is 0.0970. The Morgan fingerprint density at radius 3 is 2.65 bits per heavy atom. The van der Waals surface area contributed by atoms with Gasteiger partial charge in [0, 0.05) is 21.3 Å². The summed E-state index contributed by atoms with van der Waals surface area (Å²) >= 11 is 4.67. The molecule has 0 aliphatic heterocycles. The summed E-state index contributed by atoms with van der Waals surface area (Å²) in [4.78, 5) is 0.387. The van der Waals surface area contributed by atoms with E-state index in [0.29, 0.717) is 5.56 Å². The van der Waals surface area contributed by atoms with Crippen molar-refractivity contribution in [3.8, 4) is 0 Å². The number of halogens is 2. The average molecular weight is 380 g/mol. The Bertz CT molecular complexity index is 715. The van der Waals surface area contributed by atoms with Crippen LogP contribution in [-0.4, -0.2) is 13.5 Å². The van der Waals surface area contributed by atoms with Crippen molar-refractivity contribution in [1.82, 2.24) is 4.72 Å². The second-order valence-corrected chi connectivity index (χ2v) is 7.63. The van der Waals surface area contributed by atoms with Crippen molar-refractivity contribution >= 4 is 37.3 Å². The molecule has 1 aromatic carbocycles. The third kappa shape index (κ3) is 3.64. The van der Waals surface area contributed by atoms with Gasteiger partial charge >= 0.3 is 0 Å². The molecule has 0 unspecified atom stereocenters. The summed E-state index contributed by atoms with van der Waals surface area (Å²) in [6.07, 6.45) is 0. The molecule has 1 heterocycles. The number of benzene rings is 1. The molecule has 0 aliphatic carbocycles. The van der Waals surface area contributed by atoms with Crippen LogP contribution in [0.3, 0.4) is 0 Å². The van der Waals surface area contributed by atoms with E-state index in [1.165, 1.54) is 17.4 Å². The second kappa shape index (κ2) is 6.31. The van der Waals surface area contributed by atoms with Crippen LogP contribution >= 0.6 is 27.3 Å². The fourth-order valence-electron chi connectivity index (χ4n) is 1.55. The van der Waals surface area contributed by atoms with Gasteiger partial charge in [0.25, 0.3) is 0 Å². The predicted molar refractivity (Wildman–Crippen MR) is 78.4 cm³/mol. The summed E-state index contributed by atoms with van der Waals surface area (Å²) in [5.41, 5.74) is 0.323. The van der Waals surface area contributed by atoms with Crippen LogP contribution in [0.4, 0.5) is 4.39 Å². The Morgan fingerprint density at radius 1 is 1.35 bits per heavy atom. The maximum absolute atomic E-state index is 13.7. The quantitative estimate of drug-likeness (QED) is 0.838. The average Bonchev–Trinajstić information content (AvgIpc) is 2.82. The molecule has 2 rings (SSSR count). The molecule has 0 amide bonds. The molecule has 0 fully saturated rings. The van der Waals surface area contributed by atoms with E-state index in [4.69, 9.17) is 5.11 Å². The number of thiophene rings is 1. The Morgan fingerprint density at radius 2 is 2.10 bits per heavy atom. The predicted octanol–water partition coefficient (Wildman–Crippen LogP) is 2.62. The highest BCUT2D eigenvalue weighted by Crippen LogP contribution is 2.21. The van der Waals surface area contributed by atoms with Crippen LogP contribution in [0.5, 0.6) is 0 Å². The van der Waals surface area contributed by atoms with Crippen LogP contribution in [0.1, 0.15) is 10.4 Å². The Labute approximate surface area is 128 Å². The number of aliphatic hydroxyl groups is 1. The SMILES string of the molecule is O=S(=O)(NCc1cc(Br)cs1)c1ccc(CO)cc1F. The first-order valence-corrected chi connectivity index (χ1v) is 8.70. The molecule has 0 radical (unpaired) electrons. The number of hydrogen-bond acceptors (Lipinski definition) is 4. The van der Waals surface area contributed by atoms with E-state index in [2.05, 4.69) is 20.7 Å². The second-order valence-electron chi connectivity index (χ2n) is 3.98. The van der Waals surface area contributed by atoms with Crippen LogP contribution in [0.15, 0.2) is 39.0 Å². The minimum Gasteiger partial charge on any atom is -0.392 e. The smallest absolute Gasteiger partial charge is 0.243 e. The summed E-state index contributed by atoms with van der Waals surface area (Å²) < 4.78 is 41.0. The molecule has 0 aliphatic rings. The van der Waals surface area contributed by atoms with E-state index in [9.17, 15) is 12.8 Å². The highest BCUT2D eigenvalue weighted by atomic mass is 79.9. The van der Waals surface area contributed by atoms with Gasteiger partial charge in [-0.25, -0.2) is 17.5 Å². The molecule has 0 saturated heterocycles. The van der Waals surface area contributed by atoms with Gasteiger partial charge in [0.2, 0.25) is 10.0 Å². The van der Waals surface area contributed by atoms with Crippen molar-refractivity contribution in [3.05, 3.63) is 50.4 Å². The van der Waals surface area contributed by atoms with Crippen molar-refractivity contribution in [1.29, 1.82) is 0 Å². The van der Waals surface area contributed by atoms with Gasteiger partial charge in [-0.05, 0) is 39.7 Å². The fraction of sp³-hybridized carbons (Fsp3) is 0.167. The standard InChI is InChI=1S/C12H11BrFNO3S2/c13-9-4-10(19-7-9)5-15-20(17,18)12-2-1-8(6-16)3-11(12)14/h1-4,7,15-16H,5-6H2. The van der Waals surface area contributed by atoms with Crippen molar-refractivity contribution < 1.29 is 17.9 Å². The lowest BCUT2D eigenvalue weighted by Crippen LogP contribution is -2.23. The maximum atomic E-state index is 13.7. The molecule has 8 heteroatoms. The first-order valence-electron chi connectivity index (χ1n) is 5.54. The molecule has 0 saturated carbocycles. The highest BCUT2D eigenvalue weighted by Gasteiger charge is 2.19. The summed E-state index contributed by atoms with van der Waals surface area (Å²) in [6, 6.07) is 5.32. The van der Waals surface area contributed by atoms with Gasteiger partial charge in [-0.15, -0.1) is 11.3 Å². The fourth-order valence-corrected chi connectivity index (χ4v) is 4.10. The van der Waals surface area contributed by atoms with E-state index in [-0.39, 0.29) is 13.2 Å². The van der Waals surface area contributed by atoms with Crippen LogP contribution in [0.25, 0.3) is 0 Å². The van der Waals surface area contributed by atoms with E-state index in [1.807, 2.05) is 5.38 Å². The van der Waals surface area contributed by atoms with E-state index < -0.39 is 20.7 Å². The zero-order valence-electron chi connectivity index (χ0n) is 10.1. The Balaban J connectivity index is 2.18. The topological polar surface area (TPSA) is 66.4 Å². The minimum atomic E-state index is -3.92. The third-order valence-electron chi connectivity index (χ3n) is 2.53. The lowest BCUT2D eigenvalue weighted by molar-refractivity contribution is 0.281.